The van der Waals surface area contributed by atoms with Crippen LogP contribution in [0.15, 0.2) is 24.3 Å². The molecule has 0 bridgehead atoms. The van der Waals surface area contributed by atoms with Gasteiger partial charge in [0.2, 0.25) is 0 Å². The molecule has 1 saturated heterocycles. The Morgan fingerprint density at radius 1 is 1.30 bits per heavy atom. The Bertz CT molecular complexity index is 778. The minimum Gasteiger partial charge on any atom is -0.395 e. The van der Waals surface area contributed by atoms with Crippen LogP contribution < -0.4 is 5.32 Å². The van der Waals surface area contributed by atoms with Crippen LogP contribution in [0.3, 0.4) is 0 Å². The summed E-state index contributed by atoms with van der Waals surface area (Å²) in [5.74, 6) is -0.0570. The first-order chi connectivity index (χ1) is 12.9. The molecule has 1 aliphatic heterocycles. The molecular formula is C22H32N2O2S. The van der Waals surface area contributed by atoms with E-state index >= 15 is 0 Å². The number of nitrogens with one attached hydrogen (secondary N) is 1. The van der Waals surface area contributed by atoms with E-state index in [9.17, 15) is 4.79 Å². The molecule has 3 rings (SSSR count). The van der Waals surface area contributed by atoms with Crippen molar-refractivity contribution in [3.63, 3.8) is 0 Å². The number of benzene rings is 1. The number of fused-ring (bicyclic) bond motifs is 1. The predicted molar refractivity (Wildman–Crippen MR) is 114 cm³/mol. The lowest BCUT2D eigenvalue weighted by Gasteiger charge is -2.39. The maximum atomic E-state index is 12.7. The zero-order valence-corrected chi connectivity index (χ0v) is 17.6. The first-order valence-corrected chi connectivity index (χ1v) is 10.8. The molecule has 1 unspecified atom stereocenters. The van der Waals surface area contributed by atoms with Gasteiger partial charge in [-0.15, -0.1) is 11.3 Å². The highest BCUT2D eigenvalue weighted by Crippen LogP contribution is 2.34. The van der Waals surface area contributed by atoms with Crippen LogP contribution in [0, 0.1) is 5.41 Å². The van der Waals surface area contributed by atoms with Crippen LogP contribution in [-0.2, 0) is 6.42 Å². The van der Waals surface area contributed by atoms with Gasteiger partial charge in [-0.2, -0.15) is 0 Å². The number of aliphatic hydroxyl groups is 1. The smallest absolute Gasteiger partial charge is 0.261 e. The van der Waals surface area contributed by atoms with E-state index in [4.69, 9.17) is 5.11 Å². The van der Waals surface area contributed by atoms with Crippen molar-refractivity contribution in [3.05, 3.63) is 34.7 Å². The van der Waals surface area contributed by atoms with Gasteiger partial charge in [0.1, 0.15) is 0 Å². The van der Waals surface area contributed by atoms with Gasteiger partial charge < -0.3 is 10.4 Å². The summed E-state index contributed by atoms with van der Waals surface area (Å²) < 4.78 is 1.17. The fourth-order valence-electron chi connectivity index (χ4n) is 4.08. The maximum absolute atomic E-state index is 12.7. The Hall–Kier alpha value is -1.43. The number of aliphatic hydroxyl groups excluding tert-OH is 1. The molecule has 1 aromatic carbocycles. The summed E-state index contributed by atoms with van der Waals surface area (Å²) in [6.45, 7) is 9.40. The molecule has 1 atom stereocenters. The van der Waals surface area contributed by atoms with E-state index in [0.717, 1.165) is 24.4 Å². The first kappa shape index (κ1) is 20.3. The molecule has 1 aliphatic rings. The van der Waals surface area contributed by atoms with E-state index in [2.05, 4.69) is 49.2 Å². The van der Waals surface area contributed by atoms with Gasteiger partial charge in [-0.05, 0) is 48.2 Å². The monoisotopic (exact) mass is 388 g/mol. The summed E-state index contributed by atoms with van der Waals surface area (Å²) in [4.78, 5) is 16.2. The van der Waals surface area contributed by atoms with Crippen molar-refractivity contribution >= 4 is 27.3 Å². The number of amides is 1. The summed E-state index contributed by atoms with van der Waals surface area (Å²) in [5.41, 5.74) is 1.45. The lowest BCUT2D eigenvalue weighted by molar-refractivity contribution is 0.0940. The Balaban J connectivity index is 1.90. The number of rotatable bonds is 6. The molecule has 1 aromatic heterocycles. The number of carbonyl (C=O) groups is 1. The molecule has 2 N–H and O–H groups in total. The van der Waals surface area contributed by atoms with E-state index < -0.39 is 0 Å². The molecule has 0 saturated carbocycles. The van der Waals surface area contributed by atoms with Crippen molar-refractivity contribution in [1.29, 1.82) is 0 Å². The van der Waals surface area contributed by atoms with Crippen molar-refractivity contribution in [2.45, 2.75) is 52.5 Å². The standard InChI is InChI=1S/C22H32N2O2S/c1-22(2,3)15-24-12-7-6-8-16(24)14-18-17-9-4-5-10-19(17)27-20(18)21(26)23-11-13-25/h4-5,9-10,16,25H,6-8,11-15H2,1-3H3,(H,23,26). The summed E-state index contributed by atoms with van der Waals surface area (Å²) in [5, 5.41) is 13.1. The molecule has 0 aliphatic carbocycles. The molecular weight excluding hydrogens is 356 g/mol. The van der Waals surface area contributed by atoms with Gasteiger partial charge in [0.15, 0.2) is 0 Å². The maximum Gasteiger partial charge on any atom is 0.261 e. The number of piperidine rings is 1. The van der Waals surface area contributed by atoms with E-state index in [-0.39, 0.29) is 17.9 Å². The molecule has 4 nitrogen and oxygen atoms in total. The van der Waals surface area contributed by atoms with Crippen LogP contribution in [0.4, 0.5) is 0 Å². The topological polar surface area (TPSA) is 52.6 Å². The molecule has 1 amide bonds. The van der Waals surface area contributed by atoms with Gasteiger partial charge in [-0.25, -0.2) is 0 Å². The van der Waals surface area contributed by atoms with Gasteiger partial charge in [0, 0.05) is 23.8 Å². The molecule has 148 valence electrons. The number of likely N-dealkylation sites (tertiary alicyclic amines) is 1. The first-order valence-electron chi connectivity index (χ1n) is 10.0. The number of hydrogen-bond acceptors (Lipinski definition) is 4. The predicted octanol–water partition coefficient (Wildman–Crippen LogP) is 4.07. The van der Waals surface area contributed by atoms with Crippen LogP contribution in [0.2, 0.25) is 0 Å². The van der Waals surface area contributed by atoms with Crippen LogP contribution in [-0.4, -0.2) is 48.2 Å². The second kappa shape index (κ2) is 8.72. The third-order valence-electron chi connectivity index (χ3n) is 5.17. The third-order valence-corrected chi connectivity index (χ3v) is 6.38. The van der Waals surface area contributed by atoms with Gasteiger partial charge in [-0.3, -0.25) is 9.69 Å². The Kier molecular flexibility index (Phi) is 6.56. The fourth-order valence-corrected chi connectivity index (χ4v) is 5.23. The summed E-state index contributed by atoms with van der Waals surface area (Å²) in [6, 6.07) is 8.81. The highest BCUT2D eigenvalue weighted by atomic mass is 32.1. The highest BCUT2D eigenvalue weighted by Gasteiger charge is 2.29. The second-order valence-corrected chi connectivity index (χ2v) is 9.82. The van der Waals surface area contributed by atoms with Crippen molar-refractivity contribution in [2.24, 2.45) is 5.41 Å². The van der Waals surface area contributed by atoms with Crippen LogP contribution in [0.25, 0.3) is 10.1 Å². The molecule has 2 heterocycles. The Morgan fingerprint density at radius 3 is 2.81 bits per heavy atom. The molecule has 1 fully saturated rings. The zero-order chi connectivity index (χ0) is 19.4. The Morgan fingerprint density at radius 2 is 2.07 bits per heavy atom. The molecule has 27 heavy (non-hydrogen) atoms. The molecule has 0 radical (unpaired) electrons. The van der Waals surface area contributed by atoms with Crippen LogP contribution in [0.1, 0.15) is 55.3 Å². The SMILES string of the molecule is CC(C)(C)CN1CCCCC1Cc1c(C(=O)NCCO)sc2ccccc12. The summed E-state index contributed by atoms with van der Waals surface area (Å²) in [6.07, 6.45) is 4.64. The molecule has 0 spiro atoms. The lowest BCUT2D eigenvalue weighted by Crippen LogP contribution is -2.45. The fraction of sp³-hybridized carbons (Fsp3) is 0.591. The Labute approximate surface area is 166 Å². The minimum absolute atomic E-state index is 0.0338. The largest absolute Gasteiger partial charge is 0.395 e. The van der Waals surface area contributed by atoms with Gasteiger partial charge >= 0.3 is 0 Å². The van der Waals surface area contributed by atoms with E-state index in [1.165, 1.54) is 34.9 Å². The minimum atomic E-state index is -0.0570. The highest BCUT2D eigenvalue weighted by molar-refractivity contribution is 7.21. The number of thiophene rings is 1. The average molecular weight is 389 g/mol. The third kappa shape index (κ3) is 5.09. The summed E-state index contributed by atoms with van der Waals surface area (Å²) in [7, 11) is 0. The van der Waals surface area contributed by atoms with Crippen molar-refractivity contribution < 1.29 is 9.90 Å². The second-order valence-electron chi connectivity index (χ2n) is 8.77. The van der Waals surface area contributed by atoms with Gasteiger partial charge in [0.05, 0.1) is 11.5 Å². The zero-order valence-electron chi connectivity index (χ0n) is 16.8. The van der Waals surface area contributed by atoms with Crippen molar-refractivity contribution in [2.75, 3.05) is 26.2 Å². The van der Waals surface area contributed by atoms with Crippen LogP contribution in [0.5, 0.6) is 0 Å². The van der Waals surface area contributed by atoms with Gasteiger partial charge in [-0.1, -0.05) is 45.4 Å². The molecule has 5 heteroatoms. The quantitative estimate of drug-likeness (QED) is 0.784. The van der Waals surface area contributed by atoms with Crippen LogP contribution >= 0.6 is 11.3 Å². The lowest BCUT2D eigenvalue weighted by atomic mass is 9.89. The van der Waals surface area contributed by atoms with E-state index in [1.54, 1.807) is 11.3 Å². The molecule has 2 aromatic rings. The van der Waals surface area contributed by atoms with E-state index in [0.29, 0.717) is 12.6 Å². The van der Waals surface area contributed by atoms with Crippen molar-refractivity contribution in [1.82, 2.24) is 10.2 Å². The average Bonchev–Trinajstić information content (AvgIpc) is 2.99. The van der Waals surface area contributed by atoms with Gasteiger partial charge in [0.25, 0.3) is 5.91 Å². The van der Waals surface area contributed by atoms with E-state index in [1.807, 2.05) is 6.07 Å². The summed E-state index contributed by atoms with van der Waals surface area (Å²) >= 11 is 1.57. The normalized spacial score (nSPS) is 18.7. The number of nitrogens with zero attached hydrogens (tertiary/aromatic N) is 1. The number of hydrogen-bond donors (Lipinski definition) is 2. The van der Waals surface area contributed by atoms with Crippen molar-refractivity contribution in [3.8, 4) is 0 Å². The number of carbonyl (C=O) groups excluding carboxylic acids is 1.